The third-order valence-electron chi connectivity index (χ3n) is 3.90. The molecule has 0 radical (unpaired) electrons. The molecule has 0 atom stereocenters. The normalized spacial score (nSPS) is 15.9. The topological polar surface area (TPSA) is 65.5 Å². The van der Waals surface area contributed by atoms with Gasteiger partial charge in [0.1, 0.15) is 22.4 Å². The van der Waals surface area contributed by atoms with Gasteiger partial charge >= 0.3 is 0 Å². The lowest BCUT2D eigenvalue weighted by molar-refractivity contribution is 0.319. The van der Waals surface area contributed by atoms with E-state index in [1.54, 1.807) is 7.11 Å². The summed E-state index contributed by atoms with van der Waals surface area (Å²) >= 11 is 4.94. The minimum Gasteiger partial charge on any atom is -0.495 e. The largest absolute Gasteiger partial charge is 0.495 e. The number of piperazine rings is 1. The Kier molecular flexibility index (Phi) is 5.23. The number of allylic oxidation sites excluding steroid dienone is 1. The molecule has 1 fully saturated rings. The molecule has 0 spiro atoms. The number of thiocarbonyl (C=S) groups is 1. The second-order valence-corrected chi connectivity index (χ2v) is 5.52. The Balaban J connectivity index is 2.11. The fraction of sp³-hybridized carbons (Fsp3) is 0.375. The summed E-state index contributed by atoms with van der Waals surface area (Å²) in [5, 5.41) is 9.17. The van der Waals surface area contributed by atoms with Crippen molar-refractivity contribution in [3.05, 3.63) is 35.5 Å². The third-order valence-corrected chi connectivity index (χ3v) is 4.10. The lowest BCUT2D eigenvalue weighted by Gasteiger charge is -2.38. The number of ether oxygens (including phenoxy) is 1. The summed E-state index contributed by atoms with van der Waals surface area (Å²) in [6.07, 6.45) is 0. The van der Waals surface area contributed by atoms with Gasteiger partial charge in [-0.25, -0.2) is 0 Å². The molecule has 6 heteroatoms. The first-order chi connectivity index (χ1) is 10.6. The lowest BCUT2D eigenvalue weighted by atomic mass is 10.1. The average molecular weight is 316 g/mol. The number of hydrogen-bond donors (Lipinski definition) is 1. The maximum absolute atomic E-state index is 9.17. The summed E-state index contributed by atoms with van der Waals surface area (Å²) in [4.78, 5) is 4.60. The van der Waals surface area contributed by atoms with Gasteiger partial charge in [-0.2, -0.15) is 5.26 Å². The first-order valence-corrected chi connectivity index (χ1v) is 7.53. The maximum atomic E-state index is 9.17. The van der Waals surface area contributed by atoms with Crippen LogP contribution >= 0.6 is 12.2 Å². The molecule has 1 heterocycles. The minimum absolute atomic E-state index is 0.159. The van der Waals surface area contributed by atoms with Gasteiger partial charge in [-0.3, -0.25) is 0 Å². The molecule has 1 aliphatic heterocycles. The first kappa shape index (κ1) is 16.1. The Morgan fingerprint density at radius 3 is 2.45 bits per heavy atom. The standard InChI is InChI=1S/C16H20N4OS/c1-12(13(11-17)16(18)22)19-7-9-20(10-8-19)14-5-3-4-6-15(14)21-2/h3-6H,7-10H2,1-2H3,(H2,18,22)/b13-12-. The van der Waals surface area contributed by atoms with Crippen molar-refractivity contribution < 1.29 is 4.74 Å². The van der Waals surface area contributed by atoms with Crippen LogP contribution < -0.4 is 15.4 Å². The summed E-state index contributed by atoms with van der Waals surface area (Å²) in [7, 11) is 1.68. The van der Waals surface area contributed by atoms with Crippen molar-refractivity contribution in [1.29, 1.82) is 5.26 Å². The van der Waals surface area contributed by atoms with Crippen LogP contribution in [-0.4, -0.2) is 43.2 Å². The van der Waals surface area contributed by atoms with Gasteiger partial charge < -0.3 is 20.3 Å². The van der Waals surface area contributed by atoms with E-state index in [4.69, 9.17) is 28.0 Å². The van der Waals surface area contributed by atoms with Crippen molar-refractivity contribution in [3.8, 4) is 11.8 Å². The Morgan fingerprint density at radius 2 is 1.91 bits per heavy atom. The van der Waals surface area contributed by atoms with Crippen molar-refractivity contribution in [2.75, 3.05) is 38.2 Å². The van der Waals surface area contributed by atoms with Crippen LogP contribution in [0, 0.1) is 11.3 Å². The number of nitriles is 1. The predicted octanol–water partition coefficient (Wildman–Crippen LogP) is 1.90. The summed E-state index contributed by atoms with van der Waals surface area (Å²) in [5.41, 5.74) is 7.97. The van der Waals surface area contributed by atoms with Crippen LogP contribution in [0.1, 0.15) is 6.92 Å². The molecule has 1 saturated heterocycles. The Bertz CT molecular complexity index is 627. The molecule has 2 rings (SSSR count). The molecule has 2 N–H and O–H groups in total. The van der Waals surface area contributed by atoms with Crippen molar-refractivity contribution >= 4 is 22.9 Å². The molecule has 0 amide bonds. The van der Waals surface area contributed by atoms with E-state index in [2.05, 4.69) is 21.9 Å². The summed E-state index contributed by atoms with van der Waals surface area (Å²) in [6, 6.07) is 10.1. The SMILES string of the molecule is COc1ccccc1N1CCN(/C(C)=C(/C#N)C(N)=S)CC1. The molecule has 0 bridgehead atoms. The summed E-state index contributed by atoms with van der Waals surface area (Å²) < 4.78 is 5.42. The van der Waals surface area contributed by atoms with Crippen molar-refractivity contribution in [1.82, 2.24) is 4.90 Å². The van der Waals surface area contributed by atoms with Gasteiger partial charge in [-0.15, -0.1) is 0 Å². The van der Waals surface area contributed by atoms with Crippen LogP contribution in [0.15, 0.2) is 35.5 Å². The quantitative estimate of drug-likeness (QED) is 0.520. The van der Waals surface area contributed by atoms with Gasteiger partial charge in [0, 0.05) is 31.9 Å². The van der Waals surface area contributed by atoms with Crippen LogP contribution in [-0.2, 0) is 0 Å². The fourth-order valence-electron chi connectivity index (χ4n) is 2.65. The molecule has 0 saturated carbocycles. The number of nitrogens with zero attached hydrogens (tertiary/aromatic N) is 3. The van der Waals surface area contributed by atoms with E-state index in [1.165, 1.54) is 0 Å². The summed E-state index contributed by atoms with van der Waals surface area (Å²) in [6.45, 7) is 5.24. The molecular weight excluding hydrogens is 296 g/mol. The molecule has 1 aromatic carbocycles. The van der Waals surface area contributed by atoms with Gasteiger partial charge in [0.15, 0.2) is 0 Å². The van der Waals surface area contributed by atoms with Crippen molar-refractivity contribution in [2.24, 2.45) is 5.73 Å². The summed E-state index contributed by atoms with van der Waals surface area (Å²) in [5.74, 6) is 0.879. The molecule has 0 unspecified atom stereocenters. The fourth-order valence-corrected chi connectivity index (χ4v) is 2.84. The second kappa shape index (κ2) is 7.14. The van der Waals surface area contributed by atoms with E-state index >= 15 is 0 Å². The van der Waals surface area contributed by atoms with Crippen LogP contribution in [0.5, 0.6) is 5.75 Å². The second-order valence-electron chi connectivity index (χ2n) is 5.08. The van der Waals surface area contributed by atoms with Gasteiger partial charge in [0.2, 0.25) is 0 Å². The molecule has 5 nitrogen and oxygen atoms in total. The molecule has 0 aromatic heterocycles. The maximum Gasteiger partial charge on any atom is 0.142 e. The predicted molar refractivity (Wildman–Crippen MR) is 91.9 cm³/mol. The highest BCUT2D eigenvalue weighted by Crippen LogP contribution is 2.28. The zero-order valence-electron chi connectivity index (χ0n) is 12.9. The number of methoxy groups -OCH3 is 1. The number of para-hydroxylation sites is 2. The Hall–Kier alpha value is -2.26. The number of anilines is 1. The molecule has 116 valence electrons. The van der Waals surface area contributed by atoms with E-state index in [0.29, 0.717) is 5.57 Å². The van der Waals surface area contributed by atoms with Gasteiger partial charge in [0.05, 0.1) is 12.8 Å². The van der Waals surface area contributed by atoms with Crippen molar-refractivity contribution in [2.45, 2.75) is 6.92 Å². The van der Waals surface area contributed by atoms with Gasteiger partial charge in [0.25, 0.3) is 0 Å². The monoisotopic (exact) mass is 316 g/mol. The van der Waals surface area contributed by atoms with E-state index < -0.39 is 0 Å². The average Bonchev–Trinajstić information content (AvgIpc) is 2.55. The lowest BCUT2D eigenvalue weighted by Crippen LogP contribution is -2.46. The molecular formula is C16H20N4OS. The van der Waals surface area contributed by atoms with Gasteiger partial charge in [-0.1, -0.05) is 24.4 Å². The molecule has 0 aliphatic carbocycles. The minimum atomic E-state index is 0.159. The Morgan fingerprint density at radius 1 is 1.27 bits per heavy atom. The number of hydrogen-bond acceptors (Lipinski definition) is 5. The van der Waals surface area contributed by atoms with E-state index in [-0.39, 0.29) is 4.99 Å². The van der Waals surface area contributed by atoms with E-state index in [9.17, 15) is 0 Å². The van der Waals surface area contributed by atoms with Gasteiger partial charge in [-0.05, 0) is 19.1 Å². The van der Waals surface area contributed by atoms with Crippen LogP contribution in [0.2, 0.25) is 0 Å². The van der Waals surface area contributed by atoms with E-state index in [0.717, 1.165) is 43.3 Å². The molecule has 22 heavy (non-hydrogen) atoms. The zero-order valence-corrected chi connectivity index (χ0v) is 13.7. The first-order valence-electron chi connectivity index (χ1n) is 7.12. The number of nitrogens with two attached hydrogens (primary N) is 1. The highest BCUT2D eigenvalue weighted by Gasteiger charge is 2.21. The zero-order chi connectivity index (χ0) is 16.1. The van der Waals surface area contributed by atoms with Crippen LogP contribution in [0.3, 0.4) is 0 Å². The number of benzene rings is 1. The van der Waals surface area contributed by atoms with Crippen LogP contribution in [0.4, 0.5) is 5.69 Å². The molecule has 1 aliphatic rings. The van der Waals surface area contributed by atoms with E-state index in [1.807, 2.05) is 25.1 Å². The molecule has 1 aromatic rings. The Labute approximate surface area is 136 Å². The van der Waals surface area contributed by atoms with Crippen LogP contribution in [0.25, 0.3) is 0 Å². The smallest absolute Gasteiger partial charge is 0.142 e. The third kappa shape index (κ3) is 3.31. The number of rotatable bonds is 4. The highest BCUT2D eigenvalue weighted by molar-refractivity contribution is 7.80. The van der Waals surface area contributed by atoms with Crippen molar-refractivity contribution in [3.63, 3.8) is 0 Å². The highest BCUT2D eigenvalue weighted by atomic mass is 32.1.